The van der Waals surface area contributed by atoms with E-state index in [1.165, 1.54) is 17.5 Å². The maximum absolute atomic E-state index is 3.60. The maximum Gasteiger partial charge on any atom is 0.0246 e. The molecule has 0 radical (unpaired) electrons. The molecule has 2 aromatic rings. The largest absolute Gasteiger partial charge is 0.316 e. The molecule has 1 saturated heterocycles. The number of rotatable bonds is 5. The second-order valence-corrected chi connectivity index (χ2v) is 5.87. The predicted molar refractivity (Wildman–Crippen MR) is 88.6 cm³/mol. The van der Waals surface area contributed by atoms with E-state index in [9.17, 15) is 0 Å². The van der Waals surface area contributed by atoms with Crippen molar-refractivity contribution in [2.24, 2.45) is 5.92 Å². The minimum absolute atomic E-state index is 0.405. The molecule has 0 aromatic heterocycles. The highest BCUT2D eigenvalue weighted by molar-refractivity contribution is 5.34. The summed E-state index contributed by atoms with van der Waals surface area (Å²) in [4.78, 5) is 0. The summed E-state index contributed by atoms with van der Waals surface area (Å²) in [5, 5.41) is 7.11. The standard InChI is InChI=1S/C19H24N2/c1-20-19(17-12-13-21-14-17)18(15-8-4-2-5-9-15)16-10-6-3-7-11-16/h2-11,17-21H,12-14H2,1H3. The van der Waals surface area contributed by atoms with Gasteiger partial charge in [-0.3, -0.25) is 0 Å². The quantitative estimate of drug-likeness (QED) is 0.880. The van der Waals surface area contributed by atoms with Gasteiger partial charge in [-0.15, -0.1) is 0 Å². The summed E-state index contributed by atoms with van der Waals surface area (Å²) in [7, 11) is 2.10. The van der Waals surface area contributed by atoms with E-state index >= 15 is 0 Å². The van der Waals surface area contributed by atoms with E-state index in [2.05, 4.69) is 78.3 Å². The fourth-order valence-corrected chi connectivity index (χ4v) is 3.59. The average Bonchev–Trinajstić information content (AvgIpc) is 3.08. The first-order valence-electron chi connectivity index (χ1n) is 7.88. The monoisotopic (exact) mass is 280 g/mol. The molecule has 2 atom stereocenters. The van der Waals surface area contributed by atoms with Gasteiger partial charge in [-0.25, -0.2) is 0 Å². The normalized spacial score (nSPS) is 19.8. The summed E-state index contributed by atoms with van der Waals surface area (Å²) in [6.07, 6.45) is 1.25. The van der Waals surface area contributed by atoms with Crippen LogP contribution >= 0.6 is 0 Å². The first-order valence-corrected chi connectivity index (χ1v) is 7.88. The van der Waals surface area contributed by atoms with Crippen molar-refractivity contribution in [1.82, 2.24) is 10.6 Å². The molecule has 1 heterocycles. The van der Waals surface area contributed by atoms with Crippen LogP contribution in [0.25, 0.3) is 0 Å². The molecule has 110 valence electrons. The van der Waals surface area contributed by atoms with Crippen molar-refractivity contribution < 1.29 is 0 Å². The predicted octanol–water partition coefficient (Wildman–Crippen LogP) is 3.02. The van der Waals surface area contributed by atoms with E-state index in [0.29, 0.717) is 17.9 Å². The van der Waals surface area contributed by atoms with Gasteiger partial charge in [0.15, 0.2) is 0 Å². The molecule has 2 unspecified atom stereocenters. The zero-order valence-corrected chi connectivity index (χ0v) is 12.6. The molecule has 2 N–H and O–H groups in total. The van der Waals surface area contributed by atoms with E-state index in [1.807, 2.05) is 0 Å². The summed E-state index contributed by atoms with van der Waals surface area (Å²) in [5.74, 6) is 1.09. The van der Waals surface area contributed by atoms with Crippen LogP contribution in [-0.4, -0.2) is 26.2 Å². The summed E-state index contributed by atoms with van der Waals surface area (Å²) >= 11 is 0. The molecule has 1 aliphatic heterocycles. The van der Waals surface area contributed by atoms with E-state index in [-0.39, 0.29) is 0 Å². The lowest BCUT2D eigenvalue weighted by molar-refractivity contribution is 0.365. The average molecular weight is 280 g/mol. The van der Waals surface area contributed by atoms with Gasteiger partial charge >= 0.3 is 0 Å². The SMILES string of the molecule is CNC(C1CCNC1)C(c1ccccc1)c1ccccc1. The molecule has 21 heavy (non-hydrogen) atoms. The van der Waals surface area contributed by atoms with Crippen LogP contribution in [0.4, 0.5) is 0 Å². The molecular formula is C19H24N2. The van der Waals surface area contributed by atoms with Gasteiger partial charge in [0.1, 0.15) is 0 Å². The van der Waals surface area contributed by atoms with Crippen molar-refractivity contribution in [3.8, 4) is 0 Å². The molecule has 3 rings (SSSR count). The third-order valence-electron chi connectivity index (χ3n) is 4.62. The molecule has 1 aliphatic rings. The molecule has 2 aromatic carbocycles. The van der Waals surface area contributed by atoms with Crippen molar-refractivity contribution in [3.63, 3.8) is 0 Å². The van der Waals surface area contributed by atoms with Crippen LogP contribution in [0.2, 0.25) is 0 Å². The van der Waals surface area contributed by atoms with Gasteiger partial charge in [-0.2, -0.15) is 0 Å². The Morgan fingerprint density at radius 2 is 1.52 bits per heavy atom. The molecule has 0 spiro atoms. The first-order chi connectivity index (χ1) is 10.4. The Kier molecular flexibility index (Phi) is 4.69. The van der Waals surface area contributed by atoms with Crippen LogP contribution in [0.3, 0.4) is 0 Å². The van der Waals surface area contributed by atoms with Gasteiger partial charge in [-0.1, -0.05) is 60.7 Å². The Morgan fingerprint density at radius 3 is 1.95 bits per heavy atom. The van der Waals surface area contributed by atoms with Gasteiger partial charge in [0.05, 0.1) is 0 Å². The number of nitrogens with one attached hydrogen (secondary N) is 2. The molecular weight excluding hydrogens is 256 g/mol. The van der Waals surface area contributed by atoms with Crippen LogP contribution in [0.1, 0.15) is 23.5 Å². The van der Waals surface area contributed by atoms with Crippen molar-refractivity contribution in [1.29, 1.82) is 0 Å². The lowest BCUT2D eigenvalue weighted by Crippen LogP contribution is -2.40. The third-order valence-corrected chi connectivity index (χ3v) is 4.62. The van der Waals surface area contributed by atoms with Gasteiger partial charge in [0.2, 0.25) is 0 Å². The van der Waals surface area contributed by atoms with Crippen LogP contribution < -0.4 is 10.6 Å². The molecule has 1 fully saturated rings. The topological polar surface area (TPSA) is 24.1 Å². The minimum atomic E-state index is 0.405. The van der Waals surface area contributed by atoms with Gasteiger partial charge in [0, 0.05) is 12.0 Å². The van der Waals surface area contributed by atoms with Crippen LogP contribution in [-0.2, 0) is 0 Å². The fraction of sp³-hybridized carbons (Fsp3) is 0.368. The van der Waals surface area contributed by atoms with Crippen molar-refractivity contribution >= 4 is 0 Å². The molecule has 0 saturated carbocycles. The molecule has 0 aliphatic carbocycles. The highest BCUT2D eigenvalue weighted by atomic mass is 15.0. The summed E-state index contributed by atoms with van der Waals surface area (Å²) < 4.78 is 0. The van der Waals surface area contributed by atoms with Crippen molar-refractivity contribution in [3.05, 3.63) is 71.8 Å². The van der Waals surface area contributed by atoms with Gasteiger partial charge < -0.3 is 10.6 Å². The van der Waals surface area contributed by atoms with Crippen molar-refractivity contribution in [2.75, 3.05) is 20.1 Å². The lowest BCUT2D eigenvalue weighted by Gasteiger charge is -2.32. The Balaban J connectivity index is 1.98. The Morgan fingerprint density at radius 1 is 0.952 bits per heavy atom. The highest BCUT2D eigenvalue weighted by Gasteiger charge is 2.32. The Bertz CT molecular complexity index is 493. The summed E-state index contributed by atoms with van der Waals surface area (Å²) in [6, 6.07) is 22.2. The van der Waals surface area contributed by atoms with Gasteiger partial charge in [-0.05, 0) is 43.6 Å². The highest BCUT2D eigenvalue weighted by Crippen LogP contribution is 2.33. The minimum Gasteiger partial charge on any atom is -0.316 e. The molecule has 2 nitrogen and oxygen atoms in total. The number of hydrogen-bond donors (Lipinski definition) is 2. The van der Waals surface area contributed by atoms with Crippen molar-refractivity contribution in [2.45, 2.75) is 18.4 Å². The first kappa shape index (κ1) is 14.3. The van der Waals surface area contributed by atoms with Crippen LogP contribution in [0.15, 0.2) is 60.7 Å². The zero-order valence-electron chi connectivity index (χ0n) is 12.6. The Labute approximate surface area is 127 Å². The summed E-state index contributed by atoms with van der Waals surface area (Å²) in [5.41, 5.74) is 2.80. The smallest absolute Gasteiger partial charge is 0.0246 e. The molecule has 0 bridgehead atoms. The van der Waals surface area contributed by atoms with Gasteiger partial charge in [0.25, 0.3) is 0 Å². The molecule has 2 heteroatoms. The molecule has 0 amide bonds. The lowest BCUT2D eigenvalue weighted by atomic mass is 9.79. The number of likely N-dealkylation sites (N-methyl/N-ethyl adjacent to an activating group) is 1. The van der Waals surface area contributed by atoms with E-state index in [0.717, 1.165) is 13.1 Å². The van der Waals surface area contributed by atoms with Crippen LogP contribution in [0.5, 0.6) is 0 Å². The maximum atomic E-state index is 3.60. The zero-order chi connectivity index (χ0) is 14.5. The van der Waals surface area contributed by atoms with E-state index in [4.69, 9.17) is 0 Å². The fourth-order valence-electron chi connectivity index (χ4n) is 3.59. The second kappa shape index (κ2) is 6.88. The third kappa shape index (κ3) is 3.17. The number of benzene rings is 2. The van der Waals surface area contributed by atoms with E-state index in [1.54, 1.807) is 0 Å². The van der Waals surface area contributed by atoms with Crippen LogP contribution in [0, 0.1) is 5.92 Å². The number of hydrogen-bond acceptors (Lipinski definition) is 2. The van der Waals surface area contributed by atoms with E-state index < -0.39 is 0 Å². The second-order valence-electron chi connectivity index (χ2n) is 5.87. The summed E-state index contributed by atoms with van der Waals surface area (Å²) in [6.45, 7) is 2.25. The Hall–Kier alpha value is -1.64.